The normalized spacial score (nSPS) is 16.4. The third-order valence-electron chi connectivity index (χ3n) is 6.24. The number of hydrogen-bond donors (Lipinski definition) is 4. The fourth-order valence-electron chi connectivity index (χ4n) is 4.07. The Hall–Kier alpha value is -3.89. The lowest BCUT2D eigenvalue weighted by Gasteiger charge is -2.24. The van der Waals surface area contributed by atoms with Crippen molar-refractivity contribution in [2.45, 2.75) is 19.3 Å². The topological polar surface area (TPSA) is 133 Å². The molecule has 2 aromatic carbocycles. The van der Waals surface area contributed by atoms with E-state index in [4.69, 9.17) is 11.6 Å². The molecule has 4 N–H and O–H groups in total. The summed E-state index contributed by atoms with van der Waals surface area (Å²) in [5.74, 6) is -1.45. The summed E-state index contributed by atoms with van der Waals surface area (Å²) in [5.41, 5.74) is 2.95. The standard InChI is InChI=1S/C26H22ClN5O4S/c1-28-22-16-9-13(5-8-19(16)29-12-17(22)25(35)36)10-21-24(34)32-26(37-21)31-20-11-15(6-7-18(20)27)30-23(33)14-3-2-4-14/h5-12,14H,2-4H2,1H3,(H,28,29)(H,30,33)(H,35,36)(H,31,32,34)/b21-10-. The molecule has 1 saturated carbocycles. The van der Waals surface area contributed by atoms with Crippen LogP contribution in [0.2, 0.25) is 5.02 Å². The van der Waals surface area contributed by atoms with Crippen LogP contribution in [0.25, 0.3) is 17.0 Å². The van der Waals surface area contributed by atoms with Crippen LogP contribution in [0.4, 0.5) is 17.1 Å². The number of amides is 2. The number of aromatic carboxylic acids is 1. The summed E-state index contributed by atoms with van der Waals surface area (Å²) in [5, 5.41) is 19.8. The number of carboxylic acids is 1. The van der Waals surface area contributed by atoms with E-state index in [0.29, 0.717) is 48.6 Å². The second-order valence-corrected chi connectivity index (χ2v) is 10.1. The molecule has 1 aromatic heterocycles. The largest absolute Gasteiger partial charge is 0.478 e. The molecule has 2 amide bonds. The summed E-state index contributed by atoms with van der Waals surface area (Å²) in [6, 6.07) is 10.5. The Bertz CT molecular complexity index is 1520. The van der Waals surface area contributed by atoms with Crippen LogP contribution in [0.3, 0.4) is 0 Å². The van der Waals surface area contributed by atoms with Crippen molar-refractivity contribution in [2.75, 3.05) is 23.0 Å². The van der Waals surface area contributed by atoms with Gasteiger partial charge in [-0.25, -0.2) is 4.79 Å². The molecular formula is C26H22ClN5O4S. The number of amidine groups is 1. The smallest absolute Gasteiger partial charge is 0.339 e. The molecule has 0 saturated heterocycles. The number of benzene rings is 2. The summed E-state index contributed by atoms with van der Waals surface area (Å²) < 4.78 is 0. The first-order valence-corrected chi connectivity index (χ1v) is 12.8. The number of anilines is 3. The molecule has 0 unspecified atom stereocenters. The molecule has 0 radical (unpaired) electrons. The number of thioether (sulfide) groups is 1. The first-order chi connectivity index (χ1) is 17.8. The molecule has 9 nitrogen and oxygen atoms in total. The van der Waals surface area contributed by atoms with E-state index in [-0.39, 0.29) is 17.4 Å². The van der Waals surface area contributed by atoms with E-state index in [9.17, 15) is 19.5 Å². The molecule has 37 heavy (non-hydrogen) atoms. The van der Waals surface area contributed by atoms with Gasteiger partial charge in [0.1, 0.15) is 5.56 Å². The van der Waals surface area contributed by atoms with E-state index in [1.165, 1.54) is 6.20 Å². The molecule has 188 valence electrons. The van der Waals surface area contributed by atoms with Gasteiger partial charge < -0.3 is 21.1 Å². The maximum absolute atomic E-state index is 12.6. The van der Waals surface area contributed by atoms with Crippen LogP contribution < -0.4 is 16.0 Å². The van der Waals surface area contributed by atoms with Crippen LogP contribution >= 0.6 is 23.4 Å². The molecule has 1 aliphatic carbocycles. The summed E-state index contributed by atoms with van der Waals surface area (Å²) in [6.45, 7) is 0. The molecule has 11 heteroatoms. The van der Waals surface area contributed by atoms with Gasteiger partial charge in [-0.1, -0.05) is 24.1 Å². The number of carbonyl (C=O) groups excluding carboxylic acids is 2. The van der Waals surface area contributed by atoms with Gasteiger partial charge >= 0.3 is 5.97 Å². The second-order valence-electron chi connectivity index (χ2n) is 8.65. The molecule has 1 aliphatic heterocycles. The van der Waals surface area contributed by atoms with Crippen molar-refractivity contribution < 1.29 is 19.5 Å². The monoisotopic (exact) mass is 535 g/mol. The second kappa shape index (κ2) is 10.2. The number of nitrogens with one attached hydrogen (secondary N) is 3. The van der Waals surface area contributed by atoms with Gasteiger partial charge in [0.15, 0.2) is 5.17 Å². The Morgan fingerprint density at radius 1 is 1.19 bits per heavy atom. The van der Waals surface area contributed by atoms with Gasteiger partial charge in [-0.2, -0.15) is 4.99 Å². The van der Waals surface area contributed by atoms with E-state index in [1.807, 2.05) is 0 Å². The van der Waals surface area contributed by atoms with Crippen LogP contribution in [0.1, 0.15) is 35.2 Å². The number of fused-ring (bicyclic) bond motifs is 1. The van der Waals surface area contributed by atoms with E-state index >= 15 is 0 Å². The minimum Gasteiger partial charge on any atom is -0.478 e. The van der Waals surface area contributed by atoms with Crippen molar-refractivity contribution in [2.24, 2.45) is 10.9 Å². The highest BCUT2D eigenvalue weighted by atomic mass is 35.5. The zero-order valence-corrected chi connectivity index (χ0v) is 21.2. The molecule has 0 spiro atoms. The van der Waals surface area contributed by atoms with Crippen molar-refractivity contribution in [3.63, 3.8) is 0 Å². The number of aliphatic imine (C=N–C) groups is 1. The number of rotatable bonds is 6. The van der Waals surface area contributed by atoms with Gasteiger partial charge in [0.25, 0.3) is 5.91 Å². The Kier molecular flexibility index (Phi) is 6.86. The predicted octanol–water partition coefficient (Wildman–Crippen LogP) is 5.45. The number of nitrogens with zero attached hydrogens (tertiary/aromatic N) is 2. The number of pyridine rings is 1. The number of aromatic nitrogens is 1. The van der Waals surface area contributed by atoms with Crippen LogP contribution in [-0.4, -0.2) is 40.1 Å². The fraction of sp³-hybridized carbons (Fsp3) is 0.192. The van der Waals surface area contributed by atoms with Gasteiger partial charge in [-0.15, -0.1) is 0 Å². The summed E-state index contributed by atoms with van der Waals surface area (Å²) in [6.07, 6.45) is 5.88. The molecule has 0 atom stereocenters. The molecule has 2 aliphatic rings. The van der Waals surface area contributed by atoms with Gasteiger partial charge in [0.05, 0.1) is 26.8 Å². The van der Waals surface area contributed by atoms with Crippen LogP contribution in [-0.2, 0) is 9.59 Å². The lowest BCUT2D eigenvalue weighted by Crippen LogP contribution is -2.28. The van der Waals surface area contributed by atoms with Crippen LogP contribution in [0.5, 0.6) is 0 Å². The van der Waals surface area contributed by atoms with Crippen molar-refractivity contribution in [1.82, 2.24) is 4.98 Å². The van der Waals surface area contributed by atoms with Gasteiger partial charge in [-0.05, 0) is 66.6 Å². The molecule has 1 fully saturated rings. The third-order valence-corrected chi connectivity index (χ3v) is 7.47. The quantitative estimate of drug-likeness (QED) is 0.306. The maximum atomic E-state index is 12.6. The molecule has 5 rings (SSSR count). The van der Waals surface area contributed by atoms with Crippen LogP contribution in [0.15, 0.2) is 52.5 Å². The zero-order chi connectivity index (χ0) is 26.1. The highest BCUT2D eigenvalue weighted by Gasteiger charge is 2.26. The van der Waals surface area contributed by atoms with Gasteiger partial charge in [0, 0.05) is 30.2 Å². The molecule has 3 aromatic rings. The van der Waals surface area contributed by atoms with Crippen molar-refractivity contribution in [1.29, 1.82) is 0 Å². The van der Waals surface area contributed by atoms with Gasteiger partial charge in [-0.3, -0.25) is 14.6 Å². The molecule has 0 bridgehead atoms. The highest BCUT2D eigenvalue weighted by molar-refractivity contribution is 8.18. The van der Waals surface area contributed by atoms with Gasteiger partial charge in [0.2, 0.25) is 5.91 Å². The minimum absolute atomic E-state index is 0.00464. The van der Waals surface area contributed by atoms with Crippen molar-refractivity contribution in [3.8, 4) is 0 Å². The molecular weight excluding hydrogens is 514 g/mol. The van der Waals surface area contributed by atoms with Crippen LogP contribution in [0, 0.1) is 5.92 Å². The Morgan fingerprint density at radius 3 is 2.70 bits per heavy atom. The van der Waals surface area contributed by atoms with E-state index in [2.05, 4.69) is 25.9 Å². The van der Waals surface area contributed by atoms with Crippen molar-refractivity contribution in [3.05, 3.63) is 63.6 Å². The maximum Gasteiger partial charge on any atom is 0.339 e. The number of hydrogen-bond acceptors (Lipinski definition) is 7. The van der Waals surface area contributed by atoms with E-state index < -0.39 is 11.9 Å². The summed E-state index contributed by atoms with van der Waals surface area (Å²) in [4.78, 5) is 45.2. The SMILES string of the molecule is CNc1c(C(=O)O)cnc2ccc(/C=C3\SC(Nc4cc(NC(=O)C5CCC5)ccc4Cl)=NC3=O)cc12. The zero-order valence-electron chi connectivity index (χ0n) is 19.7. The number of carbonyl (C=O) groups is 3. The Labute approximate surface area is 221 Å². The predicted molar refractivity (Wildman–Crippen MR) is 147 cm³/mol. The summed E-state index contributed by atoms with van der Waals surface area (Å²) >= 11 is 7.50. The number of halogens is 1. The average molecular weight is 536 g/mol. The summed E-state index contributed by atoms with van der Waals surface area (Å²) in [7, 11) is 1.65. The minimum atomic E-state index is -1.08. The van der Waals surface area contributed by atoms with Crippen molar-refractivity contribution >= 4 is 80.4 Å². The average Bonchev–Trinajstić information content (AvgIpc) is 3.17. The highest BCUT2D eigenvalue weighted by Crippen LogP contribution is 2.34. The lowest BCUT2D eigenvalue weighted by atomic mass is 9.85. The Balaban J connectivity index is 1.35. The van der Waals surface area contributed by atoms with E-state index in [1.54, 1.807) is 49.5 Å². The Morgan fingerprint density at radius 2 is 2.00 bits per heavy atom. The fourth-order valence-corrected chi connectivity index (χ4v) is 5.06. The first-order valence-electron chi connectivity index (χ1n) is 11.6. The first kappa shape index (κ1) is 24.8. The molecule has 2 heterocycles. The third kappa shape index (κ3) is 5.16. The van der Waals surface area contributed by atoms with E-state index in [0.717, 1.165) is 31.0 Å². The lowest BCUT2D eigenvalue weighted by molar-refractivity contribution is -0.122. The number of carboxylic acid groups (broad SMARTS) is 1.